The van der Waals surface area contributed by atoms with Gasteiger partial charge in [-0.15, -0.1) is 0 Å². The van der Waals surface area contributed by atoms with Gasteiger partial charge in [0.2, 0.25) is 5.15 Å². The topological polar surface area (TPSA) is 105 Å². The van der Waals surface area contributed by atoms with Crippen LogP contribution in [0.25, 0.3) is 0 Å². The number of halogens is 1. The van der Waals surface area contributed by atoms with Gasteiger partial charge in [0.15, 0.2) is 0 Å². The summed E-state index contributed by atoms with van der Waals surface area (Å²) in [5.41, 5.74) is -0.649. The second kappa shape index (κ2) is 5.72. The molecule has 2 N–H and O–H groups in total. The van der Waals surface area contributed by atoms with Crippen molar-refractivity contribution >= 4 is 23.2 Å². The van der Waals surface area contributed by atoms with E-state index in [1.807, 2.05) is 0 Å². The smallest absolute Gasteiger partial charge is 0.319 e. The monoisotopic (exact) mass is 299 g/mol. The van der Waals surface area contributed by atoms with Gasteiger partial charge < -0.3 is 10.4 Å². The fourth-order valence-electron chi connectivity index (χ4n) is 2.08. The number of carbonyl (C=O) groups is 1. The average molecular weight is 300 g/mol. The van der Waals surface area contributed by atoms with Crippen LogP contribution >= 0.6 is 11.6 Å². The molecule has 1 aromatic rings. The Hall–Kier alpha value is -1.73. The molecule has 0 saturated heterocycles. The third-order valence-electron chi connectivity index (χ3n) is 3.53. The van der Waals surface area contributed by atoms with Crippen molar-refractivity contribution in [1.29, 1.82) is 0 Å². The molecule has 0 radical (unpaired) electrons. The number of aliphatic hydroxyl groups is 1. The van der Waals surface area contributed by atoms with Gasteiger partial charge in [0, 0.05) is 19.3 Å². The number of rotatable bonds is 6. The first-order valence-electron chi connectivity index (χ1n) is 6.17. The standard InChI is InChI=1S/C12H14ClN3O4/c13-10-9(16(19)20)8(1-5-14-10)11(18)15-7-12(2-3-12)4-6-17/h1,5,17H,2-4,6-7H2,(H,15,18). The van der Waals surface area contributed by atoms with Gasteiger partial charge in [0.05, 0.1) is 4.92 Å². The van der Waals surface area contributed by atoms with E-state index in [1.165, 1.54) is 12.3 Å². The number of nitrogens with zero attached hydrogens (tertiary/aromatic N) is 2. The maximum Gasteiger partial charge on any atom is 0.319 e. The summed E-state index contributed by atoms with van der Waals surface area (Å²) in [5.74, 6) is -0.551. The van der Waals surface area contributed by atoms with Gasteiger partial charge in [-0.05, 0) is 30.7 Å². The number of nitrogens with one attached hydrogen (secondary N) is 1. The van der Waals surface area contributed by atoms with Crippen LogP contribution in [-0.4, -0.2) is 34.1 Å². The predicted octanol–water partition coefficient (Wildman–Crippen LogP) is 1.54. The summed E-state index contributed by atoms with van der Waals surface area (Å²) in [5, 5.41) is 22.2. The molecule has 2 rings (SSSR count). The molecule has 0 spiro atoms. The summed E-state index contributed by atoms with van der Waals surface area (Å²) in [7, 11) is 0. The van der Waals surface area contributed by atoms with Crippen LogP contribution in [0.15, 0.2) is 12.3 Å². The first-order chi connectivity index (χ1) is 9.49. The van der Waals surface area contributed by atoms with Crippen LogP contribution in [0.2, 0.25) is 5.15 Å². The van der Waals surface area contributed by atoms with Crippen LogP contribution in [0.4, 0.5) is 5.69 Å². The lowest BCUT2D eigenvalue weighted by molar-refractivity contribution is -0.385. The number of aromatic nitrogens is 1. The highest BCUT2D eigenvalue weighted by Gasteiger charge is 2.42. The Morgan fingerprint density at radius 2 is 2.30 bits per heavy atom. The quantitative estimate of drug-likeness (QED) is 0.471. The van der Waals surface area contributed by atoms with Crippen LogP contribution in [0.3, 0.4) is 0 Å². The van der Waals surface area contributed by atoms with Crippen molar-refractivity contribution in [3.63, 3.8) is 0 Å². The van der Waals surface area contributed by atoms with E-state index >= 15 is 0 Å². The van der Waals surface area contributed by atoms with E-state index in [1.54, 1.807) is 0 Å². The zero-order valence-electron chi connectivity index (χ0n) is 10.6. The van der Waals surface area contributed by atoms with Crippen molar-refractivity contribution in [2.24, 2.45) is 5.41 Å². The van der Waals surface area contributed by atoms with Crippen molar-refractivity contribution in [3.8, 4) is 0 Å². The Kier molecular flexibility index (Phi) is 4.20. The molecular formula is C12H14ClN3O4. The minimum Gasteiger partial charge on any atom is -0.396 e. The molecule has 0 bridgehead atoms. The summed E-state index contributed by atoms with van der Waals surface area (Å²) >= 11 is 5.65. The third-order valence-corrected chi connectivity index (χ3v) is 3.81. The molecule has 0 aliphatic heterocycles. The molecule has 0 aromatic carbocycles. The van der Waals surface area contributed by atoms with E-state index in [-0.39, 0.29) is 22.7 Å². The van der Waals surface area contributed by atoms with Crippen LogP contribution < -0.4 is 5.32 Å². The molecule has 8 heteroatoms. The molecule has 108 valence electrons. The van der Waals surface area contributed by atoms with Crippen molar-refractivity contribution in [3.05, 3.63) is 33.1 Å². The van der Waals surface area contributed by atoms with Gasteiger partial charge in [0.1, 0.15) is 5.56 Å². The second-order valence-corrected chi connectivity index (χ2v) is 5.27. The number of aliphatic hydroxyl groups excluding tert-OH is 1. The molecular weight excluding hydrogens is 286 g/mol. The highest BCUT2D eigenvalue weighted by atomic mass is 35.5. The number of carbonyl (C=O) groups excluding carboxylic acids is 1. The van der Waals surface area contributed by atoms with Gasteiger partial charge >= 0.3 is 5.69 Å². The Balaban J connectivity index is 2.10. The molecule has 1 fully saturated rings. The SMILES string of the molecule is O=C(NCC1(CCO)CC1)c1ccnc(Cl)c1[N+](=O)[O-]. The van der Waals surface area contributed by atoms with E-state index in [4.69, 9.17) is 16.7 Å². The molecule has 1 aliphatic carbocycles. The molecule has 0 unspecified atom stereocenters. The van der Waals surface area contributed by atoms with Gasteiger partial charge in [-0.1, -0.05) is 11.6 Å². The zero-order chi connectivity index (χ0) is 14.8. The van der Waals surface area contributed by atoms with Crippen LogP contribution in [0.1, 0.15) is 29.6 Å². The van der Waals surface area contributed by atoms with Crippen molar-refractivity contribution in [2.45, 2.75) is 19.3 Å². The summed E-state index contributed by atoms with van der Waals surface area (Å²) in [6.45, 7) is 0.459. The fourth-order valence-corrected chi connectivity index (χ4v) is 2.30. The molecule has 1 heterocycles. The average Bonchev–Trinajstić information content (AvgIpc) is 3.16. The van der Waals surface area contributed by atoms with E-state index < -0.39 is 16.5 Å². The summed E-state index contributed by atoms with van der Waals surface area (Å²) in [6, 6.07) is 1.27. The van der Waals surface area contributed by atoms with Crippen molar-refractivity contribution in [2.75, 3.05) is 13.2 Å². The molecule has 7 nitrogen and oxygen atoms in total. The van der Waals surface area contributed by atoms with E-state index in [0.717, 1.165) is 12.8 Å². The Morgan fingerprint density at radius 3 is 2.85 bits per heavy atom. The fraction of sp³-hybridized carbons (Fsp3) is 0.500. The number of amides is 1. The second-order valence-electron chi connectivity index (χ2n) is 4.91. The molecule has 20 heavy (non-hydrogen) atoms. The first-order valence-corrected chi connectivity index (χ1v) is 6.55. The van der Waals surface area contributed by atoms with Crippen molar-refractivity contribution in [1.82, 2.24) is 10.3 Å². The Labute approximate surface area is 120 Å². The van der Waals surface area contributed by atoms with Gasteiger partial charge in [-0.2, -0.15) is 0 Å². The lowest BCUT2D eigenvalue weighted by Gasteiger charge is -2.14. The predicted molar refractivity (Wildman–Crippen MR) is 71.6 cm³/mol. The van der Waals surface area contributed by atoms with Crippen molar-refractivity contribution < 1.29 is 14.8 Å². The van der Waals surface area contributed by atoms with Crippen LogP contribution in [0.5, 0.6) is 0 Å². The minimum absolute atomic E-state index is 0.0595. The van der Waals surface area contributed by atoms with Gasteiger partial charge in [-0.3, -0.25) is 14.9 Å². The molecule has 1 amide bonds. The third kappa shape index (κ3) is 3.05. The maximum atomic E-state index is 12.0. The number of nitro groups is 1. The Bertz CT molecular complexity index is 546. The van der Waals surface area contributed by atoms with E-state index in [9.17, 15) is 14.9 Å². The zero-order valence-corrected chi connectivity index (χ0v) is 11.4. The lowest BCUT2D eigenvalue weighted by atomic mass is 10.0. The van der Waals surface area contributed by atoms with Crippen LogP contribution in [-0.2, 0) is 0 Å². The minimum atomic E-state index is -0.717. The van der Waals surface area contributed by atoms with Crippen LogP contribution in [0, 0.1) is 15.5 Å². The molecule has 1 aliphatic rings. The first kappa shape index (κ1) is 14.7. The van der Waals surface area contributed by atoms with E-state index in [2.05, 4.69) is 10.3 Å². The summed E-state index contributed by atoms with van der Waals surface area (Å²) in [6.07, 6.45) is 3.75. The summed E-state index contributed by atoms with van der Waals surface area (Å²) in [4.78, 5) is 25.9. The lowest BCUT2D eigenvalue weighted by Crippen LogP contribution is -2.31. The largest absolute Gasteiger partial charge is 0.396 e. The normalized spacial score (nSPS) is 15.7. The Morgan fingerprint density at radius 1 is 1.60 bits per heavy atom. The van der Waals surface area contributed by atoms with E-state index in [0.29, 0.717) is 13.0 Å². The van der Waals surface area contributed by atoms with Gasteiger partial charge in [-0.25, -0.2) is 4.98 Å². The van der Waals surface area contributed by atoms with Gasteiger partial charge in [0.25, 0.3) is 5.91 Å². The highest BCUT2D eigenvalue weighted by Crippen LogP contribution is 2.47. The molecule has 1 saturated carbocycles. The maximum absolute atomic E-state index is 12.0. The number of pyridine rings is 1. The highest BCUT2D eigenvalue weighted by molar-refractivity contribution is 6.32. The summed E-state index contributed by atoms with van der Waals surface area (Å²) < 4.78 is 0. The number of hydrogen-bond acceptors (Lipinski definition) is 5. The molecule has 0 atom stereocenters. The number of hydrogen-bond donors (Lipinski definition) is 2. The molecule has 1 aromatic heterocycles.